The Balaban J connectivity index is 1.91. The number of phenols is 1. The Morgan fingerprint density at radius 2 is 1.12 bits per heavy atom. The highest BCUT2D eigenvalue weighted by Crippen LogP contribution is 2.31. The molecule has 0 amide bonds. The van der Waals surface area contributed by atoms with Gasteiger partial charge < -0.3 is 15.9 Å². The zero-order chi connectivity index (χ0) is 30.7. The summed E-state index contributed by atoms with van der Waals surface area (Å²) in [7, 11) is -8.85. The SMILES string of the molecule is NC(CCCC[n+]1c(-c2ccc(S(=O)(=O)O)cc2)cc(-c2ccc(O)cc2)cc1-c1ccc(S(=O)(=O)O)cc1)C(=O)O. The Bertz CT molecular complexity index is 1710. The number of rotatable bonds is 11. The Labute approximate surface area is 243 Å². The Morgan fingerprint density at radius 3 is 1.52 bits per heavy atom. The minimum absolute atomic E-state index is 0.0753. The molecular weight excluding hydrogens is 584 g/mol. The molecule has 1 atom stereocenters. The molecular formula is C29H29N2O9S2+. The first-order valence-corrected chi connectivity index (χ1v) is 15.6. The number of carbonyl (C=O) groups is 1. The van der Waals surface area contributed by atoms with Gasteiger partial charge in [0.2, 0.25) is 11.4 Å². The fraction of sp³-hybridized carbons (Fsp3) is 0.172. The molecule has 1 heterocycles. The van der Waals surface area contributed by atoms with Gasteiger partial charge in [-0.3, -0.25) is 13.9 Å². The molecule has 0 radical (unpaired) electrons. The molecule has 6 N–H and O–H groups in total. The molecule has 1 unspecified atom stereocenters. The van der Waals surface area contributed by atoms with Crippen LogP contribution in [-0.2, 0) is 31.6 Å². The van der Waals surface area contributed by atoms with Gasteiger partial charge in [0.05, 0.1) is 9.79 Å². The second kappa shape index (κ2) is 12.4. The van der Waals surface area contributed by atoms with Gasteiger partial charge >= 0.3 is 5.97 Å². The number of unbranched alkanes of at least 4 members (excludes halogenated alkanes) is 1. The minimum atomic E-state index is -4.43. The van der Waals surface area contributed by atoms with Crippen molar-refractivity contribution in [2.24, 2.45) is 5.73 Å². The fourth-order valence-corrected chi connectivity index (χ4v) is 5.47. The second-order valence-corrected chi connectivity index (χ2v) is 12.5. The van der Waals surface area contributed by atoms with E-state index in [1.807, 2.05) is 16.7 Å². The molecule has 0 aliphatic rings. The number of phenolic OH excluding ortho intramolecular Hbond substituents is 1. The van der Waals surface area contributed by atoms with Crippen LogP contribution in [0.1, 0.15) is 19.3 Å². The van der Waals surface area contributed by atoms with Gasteiger partial charge in [-0.2, -0.15) is 21.4 Å². The molecule has 3 aromatic carbocycles. The monoisotopic (exact) mass is 613 g/mol. The predicted octanol–water partition coefficient (Wildman–Crippen LogP) is 3.76. The van der Waals surface area contributed by atoms with Crippen LogP contribution in [0.3, 0.4) is 0 Å². The summed E-state index contributed by atoms with van der Waals surface area (Å²) in [6.07, 6.45) is 1.26. The first-order chi connectivity index (χ1) is 19.7. The van der Waals surface area contributed by atoms with Gasteiger partial charge in [0, 0.05) is 29.7 Å². The van der Waals surface area contributed by atoms with E-state index >= 15 is 0 Å². The lowest BCUT2D eigenvalue weighted by atomic mass is 9.98. The molecule has 0 aliphatic heterocycles. The van der Waals surface area contributed by atoms with E-state index in [0.717, 1.165) is 11.1 Å². The Kier molecular flexibility index (Phi) is 9.09. The lowest BCUT2D eigenvalue weighted by Crippen LogP contribution is -2.39. The van der Waals surface area contributed by atoms with Gasteiger partial charge in [0.25, 0.3) is 20.2 Å². The van der Waals surface area contributed by atoms with Crippen molar-refractivity contribution in [3.8, 4) is 39.4 Å². The maximum absolute atomic E-state index is 11.6. The first-order valence-electron chi connectivity index (χ1n) is 12.8. The van der Waals surface area contributed by atoms with E-state index in [1.165, 1.54) is 36.4 Å². The minimum Gasteiger partial charge on any atom is -0.508 e. The fourth-order valence-electron chi connectivity index (χ4n) is 4.51. The molecule has 0 aliphatic carbocycles. The van der Waals surface area contributed by atoms with Crippen LogP contribution in [0.15, 0.2) is 94.7 Å². The molecule has 42 heavy (non-hydrogen) atoms. The van der Waals surface area contributed by atoms with Crippen LogP contribution in [0.2, 0.25) is 0 Å². The normalized spacial score (nSPS) is 12.6. The number of aliphatic carboxylic acids is 1. The summed E-state index contributed by atoms with van der Waals surface area (Å²) in [5.41, 5.74) is 9.61. The van der Waals surface area contributed by atoms with Crippen molar-refractivity contribution in [3.05, 3.63) is 84.9 Å². The van der Waals surface area contributed by atoms with Crippen molar-refractivity contribution in [2.75, 3.05) is 0 Å². The maximum atomic E-state index is 11.6. The van der Waals surface area contributed by atoms with Crippen molar-refractivity contribution in [2.45, 2.75) is 41.6 Å². The molecule has 4 rings (SSSR count). The van der Waals surface area contributed by atoms with E-state index in [9.17, 15) is 35.8 Å². The van der Waals surface area contributed by atoms with Gasteiger partial charge in [0.1, 0.15) is 18.3 Å². The standard InChI is InChI=1S/C29H28N2O9S2/c30-26(29(33)34)3-1-2-16-31-27(20-6-12-24(13-7-20)41(35,36)37)17-22(19-4-10-23(32)11-5-19)18-28(31)21-8-14-25(15-9-21)42(38,39)40/h4-15,17-18,26H,1-3,16,30H2,(H3,33,34,35,36,37,38,39,40)/p+1. The maximum Gasteiger partial charge on any atom is 0.320 e. The summed E-state index contributed by atoms with van der Waals surface area (Å²) in [5.74, 6) is -1.02. The number of carboxylic acid groups (broad SMARTS) is 1. The van der Waals surface area contributed by atoms with Crippen molar-refractivity contribution in [1.82, 2.24) is 0 Å². The predicted molar refractivity (Wildman–Crippen MR) is 154 cm³/mol. The quantitative estimate of drug-likeness (QED) is 0.0944. The number of hydrogen-bond donors (Lipinski definition) is 5. The summed E-state index contributed by atoms with van der Waals surface area (Å²) in [5, 5.41) is 18.9. The molecule has 13 heteroatoms. The lowest BCUT2D eigenvalue weighted by Gasteiger charge is -2.14. The van der Waals surface area contributed by atoms with Gasteiger partial charge in [-0.15, -0.1) is 0 Å². The third kappa shape index (κ3) is 7.38. The molecule has 0 saturated heterocycles. The zero-order valence-electron chi connectivity index (χ0n) is 22.2. The molecule has 220 valence electrons. The summed E-state index contributed by atoms with van der Waals surface area (Å²) < 4.78 is 67.4. The number of benzene rings is 3. The summed E-state index contributed by atoms with van der Waals surface area (Å²) in [4.78, 5) is 10.6. The molecule has 0 bridgehead atoms. The van der Waals surface area contributed by atoms with Crippen molar-refractivity contribution < 1.29 is 45.5 Å². The van der Waals surface area contributed by atoms with Crippen molar-refractivity contribution in [1.29, 1.82) is 0 Å². The highest BCUT2D eigenvalue weighted by Gasteiger charge is 2.24. The molecule has 0 fully saturated rings. The van der Waals surface area contributed by atoms with Crippen molar-refractivity contribution in [3.63, 3.8) is 0 Å². The van der Waals surface area contributed by atoms with E-state index in [4.69, 9.17) is 10.8 Å². The average molecular weight is 614 g/mol. The molecule has 0 saturated carbocycles. The largest absolute Gasteiger partial charge is 0.508 e. The number of aromatic nitrogens is 1. The topological polar surface area (TPSA) is 196 Å². The third-order valence-corrected chi connectivity index (χ3v) is 8.46. The van der Waals surface area contributed by atoms with Crippen LogP contribution >= 0.6 is 0 Å². The van der Waals surface area contributed by atoms with E-state index < -0.39 is 32.2 Å². The number of nitrogens with two attached hydrogens (primary N) is 1. The average Bonchev–Trinajstić information content (AvgIpc) is 2.94. The second-order valence-electron chi connectivity index (χ2n) is 9.65. The Hall–Kier alpha value is -4.14. The zero-order valence-corrected chi connectivity index (χ0v) is 23.8. The van der Waals surface area contributed by atoms with E-state index in [1.54, 1.807) is 36.4 Å². The van der Waals surface area contributed by atoms with Gasteiger partial charge in [0.15, 0.2) is 0 Å². The lowest BCUT2D eigenvalue weighted by molar-refractivity contribution is -0.675. The number of pyridine rings is 1. The van der Waals surface area contributed by atoms with Crippen LogP contribution in [0.4, 0.5) is 0 Å². The third-order valence-electron chi connectivity index (χ3n) is 6.73. The van der Waals surface area contributed by atoms with Crippen LogP contribution < -0.4 is 10.3 Å². The highest BCUT2D eigenvalue weighted by molar-refractivity contribution is 7.86. The van der Waals surface area contributed by atoms with Crippen LogP contribution in [-0.4, -0.2) is 48.2 Å². The van der Waals surface area contributed by atoms with Crippen LogP contribution in [0.25, 0.3) is 33.6 Å². The summed E-state index contributed by atoms with van der Waals surface area (Å²) >= 11 is 0. The first kappa shape index (κ1) is 30.8. The molecule has 11 nitrogen and oxygen atoms in total. The van der Waals surface area contributed by atoms with E-state index in [-0.39, 0.29) is 22.0 Å². The Morgan fingerprint density at radius 1 is 0.690 bits per heavy atom. The van der Waals surface area contributed by atoms with Crippen molar-refractivity contribution >= 4 is 26.2 Å². The highest BCUT2D eigenvalue weighted by atomic mass is 32.2. The molecule has 1 aromatic heterocycles. The van der Waals surface area contributed by atoms with Gasteiger partial charge in [-0.05, 0) is 84.6 Å². The molecule has 0 spiro atoms. The molecule has 4 aromatic rings. The van der Waals surface area contributed by atoms with Gasteiger partial charge in [-0.25, -0.2) is 0 Å². The number of nitrogens with zero attached hydrogens (tertiary/aromatic N) is 1. The van der Waals surface area contributed by atoms with Crippen LogP contribution in [0.5, 0.6) is 5.75 Å². The van der Waals surface area contributed by atoms with E-state index in [0.29, 0.717) is 41.9 Å². The van der Waals surface area contributed by atoms with E-state index in [2.05, 4.69) is 0 Å². The summed E-state index contributed by atoms with van der Waals surface area (Å²) in [6.45, 7) is 0.382. The van der Waals surface area contributed by atoms with Gasteiger partial charge in [-0.1, -0.05) is 12.1 Å². The van der Waals surface area contributed by atoms with Crippen LogP contribution in [0, 0.1) is 0 Å². The number of aromatic hydroxyl groups is 1. The smallest absolute Gasteiger partial charge is 0.320 e. The number of carboxylic acids is 1. The summed E-state index contributed by atoms with van der Waals surface area (Å²) in [6, 6.07) is 20.5. The number of hydrogen-bond acceptors (Lipinski definition) is 7.